The van der Waals surface area contributed by atoms with Gasteiger partial charge in [-0.15, -0.1) is 0 Å². The van der Waals surface area contributed by atoms with Gasteiger partial charge < -0.3 is 19.7 Å². The van der Waals surface area contributed by atoms with Gasteiger partial charge in [0.1, 0.15) is 12.6 Å². The fraction of sp³-hybridized carbons (Fsp3) is 0.462. The van der Waals surface area contributed by atoms with Crippen molar-refractivity contribution in [3.8, 4) is 11.5 Å². The summed E-state index contributed by atoms with van der Waals surface area (Å²) < 4.78 is 37.0. The Balaban J connectivity index is 2.34. The minimum atomic E-state index is -3.84. The first-order valence-electron chi connectivity index (χ1n) is 11.8. The molecule has 0 aromatic heterocycles. The molecule has 1 N–H and O–H groups in total. The predicted molar refractivity (Wildman–Crippen MR) is 141 cm³/mol. The zero-order valence-electron chi connectivity index (χ0n) is 21.9. The second kappa shape index (κ2) is 13.2. The largest absolute Gasteiger partial charge is 0.493 e. The number of hydrogen-bond donors (Lipinski definition) is 1. The van der Waals surface area contributed by atoms with Gasteiger partial charge >= 0.3 is 0 Å². The zero-order chi connectivity index (χ0) is 26.9. The van der Waals surface area contributed by atoms with Crippen LogP contribution < -0.4 is 19.1 Å². The average Bonchev–Trinajstić information content (AvgIpc) is 2.85. The topological polar surface area (TPSA) is 105 Å². The van der Waals surface area contributed by atoms with E-state index >= 15 is 0 Å². The maximum absolute atomic E-state index is 13.5. The molecule has 0 radical (unpaired) electrons. The maximum atomic E-state index is 13.5. The Kier molecular flexibility index (Phi) is 10.6. The van der Waals surface area contributed by atoms with E-state index in [4.69, 9.17) is 9.47 Å². The van der Waals surface area contributed by atoms with Crippen LogP contribution in [-0.2, 0) is 26.0 Å². The van der Waals surface area contributed by atoms with Gasteiger partial charge in [-0.2, -0.15) is 0 Å². The van der Waals surface area contributed by atoms with Crippen LogP contribution in [0.3, 0.4) is 0 Å². The van der Waals surface area contributed by atoms with Crippen molar-refractivity contribution in [2.75, 3.05) is 44.4 Å². The van der Waals surface area contributed by atoms with E-state index in [9.17, 15) is 18.0 Å². The van der Waals surface area contributed by atoms with E-state index < -0.39 is 28.5 Å². The summed E-state index contributed by atoms with van der Waals surface area (Å²) in [6.07, 6.45) is 1.55. The van der Waals surface area contributed by atoms with Crippen molar-refractivity contribution in [3.63, 3.8) is 0 Å². The number of ether oxygens (including phenoxy) is 2. The van der Waals surface area contributed by atoms with Gasteiger partial charge in [-0.25, -0.2) is 8.42 Å². The average molecular weight is 520 g/mol. The van der Waals surface area contributed by atoms with E-state index in [0.717, 1.165) is 16.1 Å². The molecule has 0 aliphatic rings. The predicted octanol–water partition coefficient (Wildman–Crippen LogP) is 2.70. The van der Waals surface area contributed by atoms with Gasteiger partial charge in [0.15, 0.2) is 11.5 Å². The van der Waals surface area contributed by atoms with Crippen molar-refractivity contribution in [1.29, 1.82) is 0 Å². The number of nitrogens with one attached hydrogen (secondary N) is 1. The highest BCUT2D eigenvalue weighted by Crippen LogP contribution is 2.32. The lowest BCUT2D eigenvalue weighted by molar-refractivity contribution is -0.138. The van der Waals surface area contributed by atoms with Crippen LogP contribution in [0.1, 0.15) is 26.3 Å². The van der Waals surface area contributed by atoms with Crippen molar-refractivity contribution in [1.82, 2.24) is 10.2 Å². The highest BCUT2D eigenvalue weighted by molar-refractivity contribution is 7.92. The van der Waals surface area contributed by atoms with Crippen LogP contribution in [-0.4, -0.2) is 71.3 Å². The van der Waals surface area contributed by atoms with Crippen LogP contribution in [0.25, 0.3) is 0 Å². The van der Waals surface area contributed by atoms with Crippen molar-refractivity contribution >= 4 is 27.5 Å². The number of methoxy groups -OCH3 is 2. The Bertz CT molecular complexity index is 1120. The molecule has 2 aromatic carbocycles. The molecule has 0 fully saturated rings. The Morgan fingerprint density at radius 2 is 1.61 bits per heavy atom. The molecule has 0 aliphatic carbocycles. The quantitative estimate of drug-likeness (QED) is 0.436. The third-order valence-electron chi connectivity index (χ3n) is 5.67. The lowest BCUT2D eigenvalue weighted by Gasteiger charge is -2.31. The Labute approximate surface area is 214 Å². The van der Waals surface area contributed by atoms with Gasteiger partial charge in [0.05, 0.1) is 26.2 Å². The lowest BCUT2D eigenvalue weighted by Crippen LogP contribution is -2.52. The molecule has 10 heteroatoms. The Morgan fingerprint density at radius 1 is 0.972 bits per heavy atom. The maximum Gasteiger partial charge on any atom is 0.244 e. The summed E-state index contributed by atoms with van der Waals surface area (Å²) in [5, 5.41) is 2.86. The smallest absolute Gasteiger partial charge is 0.244 e. The molecule has 1 atom stereocenters. The van der Waals surface area contributed by atoms with Crippen molar-refractivity contribution in [3.05, 3.63) is 54.1 Å². The van der Waals surface area contributed by atoms with E-state index in [2.05, 4.69) is 5.32 Å². The molecule has 0 saturated carbocycles. The Morgan fingerprint density at radius 3 is 2.17 bits per heavy atom. The molecular weight excluding hydrogens is 482 g/mol. The normalized spacial score (nSPS) is 12.1. The molecule has 36 heavy (non-hydrogen) atoms. The van der Waals surface area contributed by atoms with Crippen LogP contribution in [0.5, 0.6) is 11.5 Å². The third-order valence-corrected chi connectivity index (χ3v) is 6.81. The monoisotopic (exact) mass is 519 g/mol. The first-order chi connectivity index (χ1) is 17.0. The van der Waals surface area contributed by atoms with Crippen LogP contribution >= 0.6 is 0 Å². The van der Waals surface area contributed by atoms with Gasteiger partial charge in [-0.3, -0.25) is 13.9 Å². The number of nitrogens with zero attached hydrogens (tertiary/aromatic N) is 2. The fourth-order valence-corrected chi connectivity index (χ4v) is 4.46. The SMILES string of the molecule is COc1ccc(N(CC(=O)N(CCc2ccccc2)C(C)C(=O)NCC(C)C)S(C)(=O)=O)cc1OC. The molecule has 0 saturated heterocycles. The zero-order valence-corrected chi connectivity index (χ0v) is 22.7. The molecule has 0 spiro atoms. The number of carbonyl (C=O) groups excluding carboxylic acids is 2. The van der Waals surface area contributed by atoms with E-state index in [1.54, 1.807) is 19.1 Å². The highest BCUT2D eigenvalue weighted by Gasteiger charge is 2.30. The fourth-order valence-electron chi connectivity index (χ4n) is 3.62. The van der Waals surface area contributed by atoms with E-state index in [1.165, 1.54) is 25.2 Å². The number of benzene rings is 2. The molecular formula is C26H37N3O6S. The number of sulfonamides is 1. The van der Waals surface area contributed by atoms with Gasteiger partial charge in [0, 0.05) is 19.2 Å². The van der Waals surface area contributed by atoms with Crippen LogP contribution in [0.4, 0.5) is 5.69 Å². The van der Waals surface area contributed by atoms with Crippen LogP contribution in [0.15, 0.2) is 48.5 Å². The molecule has 2 rings (SSSR count). The molecule has 2 aromatic rings. The summed E-state index contributed by atoms with van der Waals surface area (Å²) >= 11 is 0. The summed E-state index contributed by atoms with van der Waals surface area (Å²) in [5.74, 6) is 0.236. The molecule has 9 nitrogen and oxygen atoms in total. The number of rotatable bonds is 13. The summed E-state index contributed by atoms with van der Waals surface area (Å²) in [6.45, 7) is 5.88. The van der Waals surface area contributed by atoms with Crippen molar-refractivity contribution in [2.24, 2.45) is 5.92 Å². The minimum Gasteiger partial charge on any atom is -0.493 e. The van der Waals surface area contributed by atoms with E-state index in [1.807, 2.05) is 44.2 Å². The van der Waals surface area contributed by atoms with E-state index in [0.29, 0.717) is 24.5 Å². The number of amides is 2. The molecule has 198 valence electrons. The molecule has 0 bridgehead atoms. The van der Waals surface area contributed by atoms with Crippen molar-refractivity contribution in [2.45, 2.75) is 33.2 Å². The number of carbonyl (C=O) groups is 2. The standard InChI is InChI=1S/C26H37N3O6S/c1-19(2)17-27-26(31)20(3)28(15-14-21-10-8-7-9-11-21)25(30)18-29(36(6,32)33)22-12-13-23(34-4)24(16-22)35-5/h7-13,16,19-20H,14-15,17-18H2,1-6H3,(H,27,31). The molecule has 1 unspecified atom stereocenters. The van der Waals surface area contributed by atoms with Gasteiger partial charge in [0.2, 0.25) is 21.8 Å². The van der Waals surface area contributed by atoms with Gasteiger partial charge in [0.25, 0.3) is 0 Å². The van der Waals surface area contributed by atoms with Crippen molar-refractivity contribution < 1.29 is 27.5 Å². The third kappa shape index (κ3) is 8.15. The summed E-state index contributed by atoms with van der Waals surface area (Å²) in [6, 6.07) is 13.4. The number of hydrogen-bond acceptors (Lipinski definition) is 6. The highest BCUT2D eigenvalue weighted by atomic mass is 32.2. The van der Waals surface area contributed by atoms with Gasteiger partial charge in [-0.1, -0.05) is 44.2 Å². The molecule has 2 amide bonds. The lowest BCUT2D eigenvalue weighted by atomic mass is 10.1. The molecule has 0 heterocycles. The summed E-state index contributed by atoms with van der Waals surface area (Å²) in [5.41, 5.74) is 1.26. The first-order valence-corrected chi connectivity index (χ1v) is 13.6. The number of anilines is 1. The summed E-state index contributed by atoms with van der Waals surface area (Å²) in [7, 11) is -0.914. The first kappa shape index (κ1) is 29.0. The Hall–Kier alpha value is -3.27. The van der Waals surface area contributed by atoms with E-state index in [-0.39, 0.29) is 24.1 Å². The second-order valence-corrected chi connectivity index (χ2v) is 10.9. The van der Waals surface area contributed by atoms with Crippen LogP contribution in [0.2, 0.25) is 0 Å². The van der Waals surface area contributed by atoms with Crippen LogP contribution in [0, 0.1) is 5.92 Å². The minimum absolute atomic E-state index is 0.250. The molecule has 0 aliphatic heterocycles. The summed E-state index contributed by atoms with van der Waals surface area (Å²) in [4.78, 5) is 27.8. The second-order valence-electron chi connectivity index (χ2n) is 8.95. The van der Waals surface area contributed by atoms with Gasteiger partial charge in [-0.05, 0) is 37.0 Å².